The van der Waals surface area contributed by atoms with Gasteiger partial charge in [-0.25, -0.2) is 29.9 Å². The SMILES string of the molecule is CC1(C)c2ccccc2-c2ccc3c(c21)c1ccccc1n3-c1cc(-c2ccc(-c3ccccc3)cc2)nc(-c2cccc3oc4ccccc4c23)n1.c1ccc(-c2cc(-n3c4ccccc4c4c3ccc3c5ccccc5n(-c5ccccc5)c34)nc(-c3ccc4c(c3)oc3ccccc34)n2)cc1.c1ccc(-c2cc(-n3c4ccccc4c4cc5oc6ccccc6c5cc43)nc(-c3ccc4oc5ccccc5c4c3)n2)cc1. The molecule has 0 amide bonds. The predicted molar refractivity (Wildman–Crippen MR) is 608 cm³/mol. The van der Waals surface area contributed by atoms with Gasteiger partial charge >= 0.3 is 0 Å². The zero-order valence-corrected chi connectivity index (χ0v) is 80.6. The van der Waals surface area contributed by atoms with Crippen LogP contribution in [-0.2, 0) is 5.41 Å². The van der Waals surface area contributed by atoms with Crippen molar-refractivity contribution in [3.8, 4) is 113 Å². The summed E-state index contributed by atoms with van der Waals surface area (Å²) in [5.41, 5.74) is 32.8. The molecule has 14 nitrogen and oxygen atoms in total. The molecule has 698 valence electrons. The summed E-state index contributed by atoms with van der Waals surface area (Å²) in [6.07, 6.45) is 0. The molecule has 0 spiro atoms. The molecule has 0 saturated carbocycles. The molecule has 0 aliphatic heterocycles. The Morgan fingerprint density at radius 2 is 0.564 bits per heavy atom. The number of para-hydroxylation sites is 9. The highest BCUT2D eigenvalue weighted by Crippen LogP contribution is 2.55. The lowest BCUT2D eigenvalue weighted by Crippen LogP contribution is -2.15. The van der Waals surface area contributed by atoms with Gasteiger partial charge in [0, 0.05) is 149 Å². The van der Waals surface area contributed by atoms with Gasteiger partial charge in [-0.2, -0.15) is 0 Å². The van der Waals surface area contributed by atoms with Crippen LogP contribution in [-0.4, -0.2) is 48.2 Å². The van der Waals surface area contributed by atoms with Gasteiger partial charge < -0.3 is 22.2 Å². The molecule has 0 N–H and O–H groups in total. The molecule has 14 heteroatoms. The third-order valence-electron chi connectivity index (χ3n) is 30.2. The summed E-state index contributed by atoms with van der Waals surface area (Å²) in [5, 5.41) is 18.1. The van der Waals surface area contributed by atoms with Crippen molar-refractivity contribution in [1.82, 2.24) is 48.2 Å². The average Bonchev–Trinajstić information content (AvgIpc) is 1.53. The minimum atomic E-state index is -0.166. The van der Waals surface area contributed by atoms with Crippen molar-refractivity contribution in [2.24, 2.45) is 0 Å². The van der Waals surface area contributed by atoms with Crippen LogP contribution in [0, 0.1) is 0 Å². The van der Waals surface area contributed by atoms with Gasteiger partial charge in [0.15, 0.2) is 17.5 Å². The lowest BCUT2D eigenvalue weighted by Gasteiger charge is -2.22. The third kappa shape index (κ3) is 13.6. The molecule has 0 fully saturated rings. The van der Waals surface area contributed by atoms with E-state index in [4.69, 9.17) is 47.6 Å². The maximum Gasteiger partial charge on any atom is 0.162 e. The van der Waals surface area contributed by atoms with Crippen LogP contribution in [0.3, 0.4) is 0 Å². The first-order chi connectivity index (χ1) is 73.6. The molecule has 1 aliphatic rings. The molecular formula is C135H84N10O4. The lowest BCUT2D eigenvalue weighted by molar-refractivity contribution is 0.666. The molecule has 149 heavy (non-hydrogen) atoms. The van der Waals surface area contributed by atoms with E-state index in [0.29, 0.717) is 17.5 Å². The van der Waals surface area contributed by atoms with E-state index in [2.05, 4.69) is 390 Å². The predicted octanol–water partition coefficient (Wildman–Crippen LogP) is 35.4. The summed E-state index contributed by atoms with van der Waals surface area (Å²) in [7, 11) is 0. The second-order valence-corrected chi connectivity index (χ2v) is 39.0. The number of hydrogen-bond donors (Lipinski definition) is 0. The van der Waals surface area contributed by atoms with Crippen molar-refractivity contribution in [3.63, 3.8) is 0 Å². The van der Waals surface area contributed by atoms with Gasteiger partial charge in [-0.15, -0.1) is 0 Å². The van der Waals surface area contributed by atoms with E-state index in [1.165, 1.54) is 76.7 Å². The summed E-state index contributed by atoms with van der Waals surface area (Å²) < 4.78 is 34.4. The van der Waals surface area contributed by atoms with Crippen molar-refractivity contribution < 1.29 is 17.7 Å². The molecule has 1 aliphatic carbocycles. The monoisotopic (exact) mass is 1910 g/mol. The Kier molecular flexibility index (Phi) is 19.1. The van der Waals surface area contributed by atoms with E-state index in [1.807, 2.05) is 115 Å². The van der Waals surface area contributed by atoms with Crippen LogP contribution in [0.2, 0.25) is 0 Å². The number of fused-ring (bicyclic) bond motifs is 29. The van der Waals surface area contributed by atoms with E-state index in [9.17, 15) is 0 Å². The highest BCUT2D eigenvalue weighted by molar-refractivity contribution is 6.27. The Bertz CT molecular complexity index is 10900. The van der Waals surface area contributed by atoms with Gasteiger partial charge in [-0.05, 0) is 155 Å². The molecule has 11 aromatic heterocycles. The number of aromatic nitrogens is 10. The van der Waals surface area contributed by atoms with Crippen LogP contribution >= 0.6 is 0 Å². The fraction of sp³-hybridized carbons (Fsp3) is 0.0222. The van der Waals surface area contributed by atoms with Gasteiger partial charge in [0.2, 0.25) is 0 Å². The van der Waals surface area contributed by atoms with E-state index >= 15 is 0 Å². The zero-order chi connectivity index (χ0) is 98.2. The number of furan rings is 4. The molecule has 31 aromatic rings. The van der Waals surface area contributed by atoms with Crippen LogP contribution < -0.4 is 0 Å². The van der Waals surface area contributed by atoms with Crippen molar-refractivity contribution in [2.75, 3.05) is 0 Å². The fourth-order valence-electron chi connectivity index (χ4n) is 23.5. The summed E-state index contributed by atoms with van der Waals surface area (Å²) in [6, 6.07) is 165. The molecular weight excluding hydrogens is 1830 g/mol. The van der Waals surface area contributed by atoms with Crippen LogP contribution in [0.15, 0.2) is 491 Å². The van der Waals surface area contributed by atoms with Crippen LogP contribution in [0.4, 0.5) is 0 Å². The minimum Gasteiger partial charge on any atom is -0.456 e. The zero-order valence-electron chi connectivity index (χ0n) is 80.6. The third-order valence-corrected chi connectivity index (χ3v) is 30.2. The molecule has 32 rings (SSSR count). The molecule has 0 bridgehead atoms. The number of benzene rings is 20. The van der Waals surface area contributed by atoms with Gasteiger partial charge in [0.1, 0.15) is 62.1 Å². The second-order valence-electron chi connectivity index (χ2n) is 39.0. The van der Waals surface area contributed by atoms with Crippen molar-refractivity contribution >= 4 is 175 Å². The van der Waals surface area contributed by atoms with Crippen LogP contribution in [0.5, 0.6) is 0 Å². The quantitative estimate of drug-likeness (QED) is 0.122. The van der Waals surface area contributed by atoms with E-state index < -0.39 is 0 Å². The van der Waals surface area contributed by atoms with Gasteiger partial charge in [-0.3, -0.25) is 13.7 Å². The fourth-order valence-corrected chi connectivity index (χ4v) is 23.5. The Labute approximate surface area is 851 Å². The maximum atomic E-state index is 6.33. The number of nitrogens with zero attached hydrogens (tertiary/aromatic N) is 10. The largest absolute Gasteiger partial charge is 0.456 e. The highest BCUT2D eigenvalue weighted by atomic mass is 16.3. The molecule has 0 saturated heterocycles. The summed E-state index contributed by atoms with van der Waals surface area (Å²) in [5.74, 6) is 4.37. The first-order valence-electron chi connectivity index (χ1n) is 50.3. The topological polar surface area (TPSA) is 150 Å². The number of hydrogen-bond acceptors (Lipinski definition) is 10. The smallest absolute Gasteiger partial charge is 0.162 e. The molecule has 0 atom stereocenters. The van der Waals surface area contributed by atoms with Crippen molar-refractivity contribution in [1.29, 1.82) is 0 Å². The average molecular weight is 1910 g/mol. The van der Waals surface area contributed by atoms with Gasteiger partial charge in [0.25, 0.3) is 0 Å². The van der Waals surface area contributed by atoms with E-state index in [0.717, 1.165) is 205 Å². The lowest BCUT2D eigenvalue weighted by atomic mass is 9.80. The summed E-state index contributed by atoms with van der Waals surface area (Å²) in [4.78, 5) is 31.7. The Balaban J connectivity index is 0.000000103. The Morgan fingerprint density at radius 1 is 0.188 bits per heavy atom. The van der Waals surface area contributed by atoms with E-state index in [1.54, 1.807) is 0 Å². The minimum absolute atomic E-state index is 0.166. The van der Waals surface area contributed by atoms with Gasteiger partial charge in [0.05, 0.1) is 61.2 Å². The second kappa shape index (κ2) is 33.6. The maximum absolute atomic E-state index is 6.33. The highest BCUT2D eigenvalue weighted by Gasteiger charge is 2.39. The molecule has 20 aromatic carbocycles. The van der Waals surface area contributed by atoms with Gasteiger partial charge in [-0.1, -0.05) is 347 Å². The first-order valence-corrected chi connectivity index (χ1v) is 50.3. The summed E-state index contributed by atoms with van der Waals surface area (Å²) >= 11 is 0. The first kappa shape index (κ1) is 84.7. The molecule has 0 unspecified atom stereocenters. The Hall–Kier alpha value is -20.0. The number of rotatable bonds is 11. The van der Waals surface area contributed by atoms with Crippen molar-refractivity contribution in [3.05, 3.63) is 484 Å². The Morgan fingerprint density at radius 3 is 1.18 bits per heavy atom. The normalized spacial score (nSPS) is 12.4. The van der Waals surface area contributed by atoms with Crippen LogP contribution in [0.25, 0.3) is 288 Å². The van der Waals surface area contributed by atoms with E-state index in [-0.39, 0.29) is 5.41 Å². The van der Waals surface area contributed by atoms with Crippen LogP contribution in [0.1, 0.15) is 25.0 Å². The van der Waals surface area contributed by atoms with Crippen molar-refractivity contribution in [2.45, 2.75) is 19.3 Å². The molecule has 0 radical (unpaired) electrons. The molecule has 11 heterocycles. The summed E-state index contributed by atoms with van der Waals surface area (Å²) in [6.45, 7) is 4.72. The standard InChI is InChI=1S/C49H33N3O.C46H28N4O.C40H23N3O2/c1-49(2)38-19-9-6-15-33(38)34-27-28-41-46(47(34)49)35-16-7-10-20-40(35)52(41)44-29-39(32-25-23-31(24-26-32)30-13-4-3-5-14-30)50-48(51-44)37-18-12-22-43-45(37)36-17-8-11-21-42(36)53-43;1-3-13-29(14-4-1)37-28-43(48-46(47-37)30-23-24-34-33-18-9-12-22-41(33)51-42(34)27-30)50-39-21-11-8-19-36(39)44-40(50)26-25-35-32-17-7-10-20-38(32)49(45(35)44)31-15-5-2-6-16-31;1-2-10-24(11-3-1)32-23-39(42-40(41-32)25-18-19-37-30(20-25)27-13-5-8-16-35(27)44-37)43-33-15-7-4-12-26(33)29-22-38-31(21-34(29)43)28-14-6-9-17-36(28)45-38/h3-29H,1-2H3;1-28H;1-23H.